The van der Waals surface area contributed by atoms with Crippen molar-refractivity contribution in [2.24, 2.45) is 0 Å². The van der Waals surface area contributed by atoms with E-state index in [2.05, 4.69) is 10.3 Å². The highest BCUT2D eigenvalue weighted by Gasteiger charge is 2.11. The fourth-order valence-corrected chi connectivity index (χ4v) is 2.36. The molecule has 0 aliphatic heterocycles. The molecule has 0 aliphatic carbocycles. The minimum absolute atomic E-state index is 0.00900. The van der Waals surface area contributed by atoms with Gasteiger partial charge in [-0.05, 0) is 36.8 Å². The summed E-state index contributed by atoms with van der Waals surface area (Å²) in [6, 6.07) is 12.1. The first-order chi connectivity index (χ1) is 11.0. The number of phenols is 1. The third-order valence-corrected chi connectivity index (χ3v) is 3.48. The van der Waals surface area contributed by atoms with Gasteiger partial charge in [0.2, 0.25) is 5.91 Å². The molecule has 3 aromatic rings. The minimum atomic E-state index is -0.400. The average Bonchev–Trinajstić information content (AvgIpc) is 2.53. The van der Waals surface area contributed by atoms with Crippen molar-refractivity contribution in [3.05, 3.63) is 64.6 Å². The van der Waals surface area contributed by atoms with Crippen molar-refractivity contribution < 1.29 is 9.90 Å². The second-order valence-electron chi connectivity index (χ2n) is 5.24. The number of hydrogen-bond acceptors (Lipinski definition) is 4. The predicted molar refractivity (Wildman–Crippen MR) is 87.5 cm³/mol. The number of aromatic nitrogens is 2. The normalized spacial score (nSPS) is 10.7. The zero-order valence-corrected chi connectivity index (χ0v) is 12.5. The van der Waals surface area contributed by atoms with Gasteiger partial charge in [-0.15, -0.1) is 0 Å². The summed E-state index contributed by atoms with van der Waals surface area (Å²) in [7, 11) is 0. The number of carbonyl (C=O) groups excluding carboxylic acids is 1. The lowest BCUT2D eigenvalue weighted by molar-refractivity contribution is -0.116. The van der Waals surface area contributed by atoms with E-state index in [0.29, 0.717) is 16.7 Å². The number of para-hydroxylation sites is 2. The Balaban J connectivity index is 1.89. The first kappa shape index (κ1) is 14.8. The van der Waals surface area contributed by atoms with E-state index in [9.17, 15) is 14.7 Å². The summed E-state index contributed by atoms with van der Waals surface area (Å²) in [5.74, 6) is -0.409. The quantitative estimate of drug-likeness (QED) is 0.725. The maximum absolute atomic E-state index is 12.2. The number of benzene rings is 2. The van der Waals surface area contributed by atoms with Crippen LogP contribution in [0.2, 0.25) is 0 Å². The van der Waals surface area contributed by atoms with Crippen LogP contribution in [0.25, 0.3) is 11.0 Å². The molecular weight excluding hydrogens is 294 g/mol. The van der Waals surface area contributed by atoms with Crippen LogP contribution in [-0.2, 0) is 11.3 Å². The maximum atomic E-state index is 12.2. The van der Waals surface area contributed by atoms with Crippen molar-refractivity contribution in [3.8, 4) is 5.75 Å². The lowest BCUT2D eigenvalue weighted by Gasteiger charge is -2.11. The van der Waals surface area contributed by atoms with Crippen molar-refractivity contribution in [1.82, 2.24) is 9.55 Å². The molecule has 1 heterocycles. The molecule has 0 bridgehead atoms. The Labute approximate surface area is 132 Å². The molecule has 116 valence electrons. The summed E-state index contributed by atoms with van der Waals surface area (Å²) in [5, 5.41) is 12.4. The number of nitrogens with zero attached hydrogens (tertiary/aromatic N) is 2. The fraction of sp³-hybridized carbons (Fsp3) is 0.118. The Kier molecular flexibility index (Phi) is 3.80. The zero-order chi connectivity index (χ0) is 16.4. The van der Waals surface area contributed by atoms with Gasteiger partial charge in [0, 0.05) is 0 Å². The molecule has 0 fully saturated rings. The molecule has 0 atom stereocenters. The highest BCUT2D eigenvalue weighted by atomic mass is 16.3. The van der Waals surface area contributed by atoms with Gasteiger partial charge >= 0.3 is 0 Å². The van der Waals surface area contributed by atoms with Gasteiger partial charge < -0.3 is 10.4 Å². The molecule has 2 N–H and O–H groups in total. The number of carbonyl (C=O) groups is 1. The van der Waals surface area contributed by atoms with Gasteiger partial charge in [-0.25, -0.2) is 4.98 Å². The lowest BCUT2D eigenvalue weighted by Crippen LogP contribution is -2.28. The summed E-state index contributed by atoms with van der Waals surface area (Å²) < 4.78 is 1.35. The van der Waals surface area contributed by atoms with E-state index in [-0.39, 0.29) is 17.9 Å². The van der Waals surface area contributed by atoms with Crippen LogP contribution in [-0.4, -0.2) is 20.6 Å². The first-order valence-electron chi connectivity index (χ1n) is 7.08. The molecule has 3 rings (SSSR count). The number of aromatic hydroxyl groups is 1. The van der Waals surface area contributed by atoms with Gasteiger partial charge in [0.25, 0.3) is 5.56 Å². The van der Waals surface area contributed by atoms with Crippen LogP contribution in [0.4, 0.5) is 5.69 Å². The monoisotopic (exact) mass is 309 g/mol. The molecule has 2 aromatic carbocycles. The summed E-state index contributed by atoms with van der Waals surface area (Å²) >= 11 is 0. The average molecular weight is 309 g/mol. The van der Waals surface area contributed by atoms with E-state index in [0.717, 1.165) is 5.56 Å². The largest absolute Gasteiger partial charge is 0.506 e. The molecule has 0 spiro atoms. The van der Waals surface area contributed by atoms with Gasteiger partial charge in [0.15, 0.2) is 0 Å². The standard InChI is InChI=1S/C17H15N3O3/c1-11-6-7-13(15(21)8-11)19-16(22)10-20-14-5-3-2-4-12(14)18-9-17(20)23/h2-9,21H,10H2,1H3,(H,19,22). The van der Waals surface area contributed by atoms with Gasteiger partial charge in [-0.2, -0.15) is 0 Å². The lowest BCUT2D eigenvalue weighted by atomic mass is 10.2. The van der Waals surface area contributed by atoms with Gasteiger partial charge in [-0.1, -0.05) is 18.2 Å². The number of phenolic OH excluding ortho intramolecular Hbond substituents is 1. The molecule has 1 amide bonds. The summed E-state index contributed by atoms with van der Waals surface area (Å²) in [6.07, 6.45) is 1.19. The number of nitrogens with one attached hydrogen (secondary N) is 1. The first-order valence-corrected chi connectivity index (χ1v) is 7.08. The van der Waals surface area contributed by atoms with Crippen LogP contribution in [0.15, 0.2) is 53.5 Å². The van der Waals surface area contributed by atoms with E-state index in [1.54, 1.807) is 36.4 Å². The van der Waals surface area contributed by atoms with Crippen molar-refractivity contribution in [1.29, 1.82) is 0 Å². The number of rotatable bonds is 3. The SMILES string of the molecule is Cc1ccc(NC(=O)Cn2c(=O)cnc3ccccc32)c(O)c1. The summed E-state index contributed by atoms with van der Waals surface area (Å²) in [6.45, 7) is 1.68. The van der Waals surface area contributed by atoms with Crippen molar-refractivity contribution in [3.63, 3.8) is 0 Å². The van der Waals surface area contributed by atoms with Gasteiger partial charge in [-0.3, -0.25) is 14.2 Å². The number of hydrogen-bond donors (Lipinski definition) is 2. The van der Waals surface area contributed by atoms with Gasteiger partial charge in [0.1, 0.15) is 12.3 Å². The predicted octanol–water partition coefficient (Wildman–Crippen LogP) is 2.05. The van der Waals surface area contributed by atoms with E-state index in [4.69, 9.17) is 0 Å². The highest BCUT2D eigenvalue weighted by molar-refractivity contribution is 5.92. The Hall–Kier alpha value is -3.15. The topological polar surface area (TPSA) is 84.2 Å². The third-order valence-electron chi connectivity index (χ3n) is 3.48. The van der Waals surface area contributed by atoms with E-state index in [1.807, 2.05) is 13.0 Å². The van der Waals surface area contributed by atoms with Gasteiger partial charge in [0.05, 0.1) is 22.9 Å². The van der Waals surface area contributed by atoms with E-state index in [1.165, 1.54) is 10.8 Å². The van der Waals surface area contributed by atoms with Crippen molar-refractivity contribution in [2.45, 2.75) is 13.5 Å². The van der Waals surface area contributed by atoms with Crippen LogP contribution >= 0.6 is 0 Å². The molecule has 0 unspecified atom stereocenters. The molecule has 6 nitrogen and oxygen atoms in total. The van der Waals surface area contributed by atoms with Crippen LogP contribution < -0.4 is 10.9 Å². The Morgan fingerprint density at radius 2 is 2.04 bits per heavy atom. The van der Waals surface area contributed by atoms with E-state index >= 15 is 0 Å². The fourth-order valence-electron chi connectivity index (χ4n) is 2.36. The van der Waals surface area contributed by atoms with Crippen LogP contribution in [0, 0.1) is 6.92 Å². The molecule has 23 heavy (non-hydrogen) atoms. The summed E-state index contributed by atoms with van der Waals surface area (Å²) in [5.41, 5.74) is 2.07. The molecule has 0 radical (unpaired) electrons. The molecule has 1 aromatic heterocycles. The molecule has 0 saturated heterocycles. The van der Waals surface area contributed by atoms with Crippen molar-refractivity contribution >= 4 is 22.6 Å². The Morgan fingerprint density at radius 1 is 1.26 bits per heavy atom. The van der Waals surface area contributed by atoms with Crippen molar-refractivity contribution in [2.75, 3.05) is 5.32 Å². The third kappa shape index (κ3) is 3.06. The Bertz CT molecular complexity index is 947. The molecular formula is C17H15N3O3. The smallest absolute Gasteiger partial charge is 0.269 e. The van der Waals surface area contributed by atoms with Crippen LogP contribution in [0.1, 0.15) is 5.56 Å². The number of aryl methyl sites for hydroxylation is 1. The number of amides is 1. The Morgan fingerprint density at radius 3 is 2.83 bits per heavy atom. The highest BCUT2D eigenvalue weighted by Crippen LogP contribution is 2.23. The molecule has 6 heteroatoms. The number of fused-ring (bicyclic) bond motifs is 1. The minimum Gasteiger partial charge on any atom is -0.506 e. The van der Waals surface area contributed by atoms with Crippen LogP contribution in [0.5, 0.6) is 5.75 Å². The maximum Gasteiger partial charge on any atom is 0.269 e. The second kappa shape index (κ2) is 5.92. The molecule has 0 saturated carbocycles. The number of anilines is 1. The van der Waals surface area contributed by atoms with Crippen LogP contribution in [0.3, 0.4) is 0 Å². The summed E-state index contributed by atoms with van der Waals surface area (Å²) in [4.78, 5) is 28.3. The molecule has 0 aliphatic rings. The van der Waals surface area contributed by atoms with E-state index < -0.39 is 5.91 Å². The second-order valence-corrected chi connectivity index (χ2v) is 5.24. The zero-order valence-electron chi connectivity index (χ0n) is 12.5.